The average molecular weight is 305 g/mol. The third-order valence-corrected chi connectivity index (χ3v) is 3.29. The molecule has 0 saturated carbocycles. The summed E-state index contributed by atoms with van der Waals surface area (Å²) in [5, 5.41) is 0. The number of H-pyrrole nitrogens is 1. The number of ether oxygens (including phenoxy) is 1. The molecule has 2 aromatic rings. The van der Waals surface area contributed by atoms with E-state index < -0.39 is 5.69 Å². The predicted octanol–water partition coefficient (Wildman–Crippen LogP) is 0.536. The molecule has 0 fully saturated rings. The van der Waals surface area contributed by atoms with E-state index in [2.05, 4.69) is 4.98 Å². The van der Waals surface area contributed by atoms with E-state index in [4.69, 9.17) is 22.7 Å². The lowest BCUT2D eigenvalue weighted by atomic mass is 10.1. The van der Waals surface area contributed by atoms with Gasteiger partial charge >= 0.3 is 5.69 Å². The van der Waals surface area contributed by atoms with Crippen molar-refractivity contribution in [3.63, 3.8) is 0 Å². The van der Waals surface area contributed by atoms with E-state index in [1.807, 2.05) is 6.07 Å². The molecular weight excluding hydrogens is 290 g/mol. The van der Waals surface area contributed by atoms with Crippen molar-refractivity contribution < 1.29 is 4.74 Å². The number of nitrogens with one attached hydrogen (secondary N) is 1. The Morgan fingerprint density at radius 2 is 2.14 bits per heavy atom. The normalized spacial score (nSPS) is 10.4. The zero-order valence-electron chi connectivity index (χ0n) is 11.7. The molecule has 3 N–H and O–H groups in total. The molecule has 1 aromatic heterocycles. The first-order valence-corrected chi connectivity index (χ1v) is 6.60. The minimum Gasteiger partial charge on any atom is -0.496 e. The summed E-state index contributed by atoms with van der Waals surface area (Å²) in [6, 6.07) is 5.33. The molecule has 21 heavy (non-hydrogen) atoms. The highest BCUT2D eigenvalue weighted by atomic mass is 32.1. The third kappa shape index (κ3) is 3.19. The van der Waals surface area contributed by atoms with Gasteiger partial charge < -0.3 is 10.5 Å². The van der Waals surface area contributed by atoms with Gasteiger partial charge in [-0.15, -0.1) is 0 Å². The smallest absolute Gasteiger partial charge is 0.328 e. The molecular formula is C14H15N3O3S. The molecule has 2 rings (SSSR count). The van der Waals surface area contributed by atoms with E-state index in [0.717, 1.165) is 5.56 Å². The van der Waals surface area contributed by atoms with Crippen LogP contribution in [0.25, 0.3) is 0 Å². The molecule has 7 heteroatoms. The molecule has 0 saturated heterocycles. The molecule has 0 radical (unpaired) electrons. The standard InChI is InChI=1S/C14H15N3O3S/c1-8-6-17(14(19)16-13(8)18)7-9-3-4-11(20-2)10(5-9)12(15)21/h3-6H,7H2,1-2H3,(H2,15,21)(H,16,18,19). The van der Waals surface area contributed by atoms with Gasteiger partial charge in [0.15, 0.2) is 0 Å². The van der Waals surface area contributed by atoms with Gasteiger partial charge in [-0.05, 0) is 24.6 Å². The summed E-state index contributed by atoms with van der Waals surface area (Å²) in [6.45, 7) is 1.94. The summed E-state index contributed by atoms with van der Waals surface area (Å²) >= 11 is 4.99. The summed E-state index contributed by atoms with van der Waals surface area (Å²) < 4.78 is 6.61. The quantitative estimate of drug-likeness (QED) is 0.805. The molecule has 0 atom stereocenters. The molecule has 0 amide bonds. The molecule has 1 heterocycles. The fourth-order valence-corrected chi connectivity index (χ4v) is 2.14. The van der Waals surface area contributed by atoms with Gasteiger partial charge in [0.1, 0.15) is 10.7 Å². The van der Waals surface area contributed by atoms with Crippen molar-refractivity contribution in [1.82, 2.24) is 9.55 Å². The van der Waals surface area contributed by atoms with Gasteiger partial charge in [0.25, 0.3) is 5.56 Å². The molecule has 0 aliphatic heterocycles. The summed E-state index contributed by atoms with van der Waals surface area (Å²) in [7, 11) is 1.53. The summed E-state index contributed by atoms with van der Waals surface area (Å²) in [6.07, 6.45) is 1.52. The van der Waals surface area contributed by atoms with Crippen molar-refractivity contribution in [3.8, 4) is 5.75 Å². The van der Waals surface area contributed by atoms with Crippen LogP contribution in [0.3, 0.4) is 0 Å². The van der Waals surface area contributed by atoms with Crippen LogP contribution < -0.4 is 21.7 Å². The summed E-state index contributed by atoms with van der Waals surface area (Å²) in [5.74, 6) is 0.580. The van der Waals surface area contributed by atoms with Crippen LogP contribution in [0.1, 0.15) is 16.7 Å². The molecule has 0 spiro atoms. The average Bonchev–Trinajstić information content (AvgIpc) is 2.44. The number of nitrogens with zero attached hydrogens (tertiary/aromatic N) is 1. The van der Waals surface area contributed by atoms with Crippen LogP contribution in [0.5, 0.6) is 5.75 Å². The number of nitrogens with two attached hydrogens (primary N) is 1. The fraction of sp³-hybridized carbons (Fsp3) is 0.214. The van der Waals surface area contributed by atoms with E-state index in [1.54, 1.807) is 19.1 Å². The lowest BCUT2D eigenvalue weighted by Crippen LogP contribution is -2.31. The van der Waals surface area contributed by atoms with E-state index in [0.29, 0.717) is 23.4 Å². The number of benzene rings is 1. The van der Waals surface area contributed by atoms with Gasteiger partial charge in [-0.1, -0.05) is 18.3 Å². The summed E-state index contributed by atoms with van der Waals surface area (Å²) in [4.78, 5) is 25.6. The predicted molar refractivity (Wildman–Crippen MR) is 84.0 cm³/mol. The molecule has 0 aliphatic rings. The Labute approximate surface area is 126 Å². The first-order chi connectivity index (χ1) is 9.92. The lowest BCUT2D eigenvalue weighted by Gasteiger charge is -2.11. The number of methoxy groups -OCH3 is 1. The number of hydrogen-bond donors (Lipinski definition) is 2. The Balaban J connectivity index is 2.43. The van der Waals surface area contributed by atoms with Gasteiger partial charge in [-0.3, -0.25) is 14.3 Å². The topological polar surface area (TPSA) is 90.1 Å². The second-order valence-electron chi connectivity index (χ2n) is 4.60. The summed E-state index contributed by atoms with van der Waals surface area (Å²) in [5.41, 5.74) is 6.73. The van der Waals surface area contributed by atoms with Crippen LogP contribution in [-0.4, -0.2) is 21.6 Å². The van der Waals surface area contributed by atoms with Gasteiger partial charge in [0.2, 0.25) is 0 Å². The molecule has 0 bridgehead atoms. The highest BCUT2D eigenvalue weighted by molar-refractivity contribution is 7.80. The molecule has 0 unspecified atom stereocenters. The maximum atomic E-state index is 11.8. The van der Waals surface area contributed by atoms with Crippen LogP contribution >= 0.6 is 12.2 Å². The van der Waals surface area contributed by atoms with Crippen molar-refractivity contribution in [2.45, 2.75) is 13.5 Å². The van der Waals surface area contributed by atoms with Crippen LogP contribution in [0.15, 0.2) is 34.0 Å². The Kier molecular flexibility index (Phi) is 4.23. The zero-order chi connectivity index (χ0) is 15.6. The Bertz CT molecular complexity index is 808. The fourth-order valence-electron chi connectivity index (χ4n) is 1.98. The van der Waals surface area contributed by atoms with E-state index in [1.165, 1.54) is 17.9 Å². The van der Waals surface area contributed by atoms with E-state index >= 15 is 0 Å². The lowest BCUT2D eigenvalue weighted by molar-refractivity contribution is 0.414. The highest BCUT2D eigenvalue weighted by Crippen LogP contribution is 2.20. The molecule has 1 aromatic carbocycles. The van der Waals surface area contributed by atoms with Crippen LogP contribution in [0, 0.1) is 6.92 Å². The van der Waals surface area contributed by atoms with Crippen molar-refractivity contribution in [2.75, 3.05) is 7.11 Å². The second-order valence-corrected chi connectivity index (χ2v) is 5.04. The van der Waals surface area contributed by atoms with Crippen molar-refractivity contribution in [2.24, 2.45) is 5.73 Å². The number of rotatable bonds is 4. The second kappa shape index (κ2) is 5.92. The SMILES string of the molecule is COc1ccc(Cn2cc(C)c(=O)[nH]c2=O)cc1C(N)=S. The molecule has 0 aliphatic carbocycles. The number of thiocarbonyl (C=S) groups is 1. The number of aromatic nitrogens is 2. The van der Waals surface area contributed by atoms with Gasteiger partial charge in [-0.25, -0.2) is 4.79 Å². The van der Waals surface area contributed by atoms with Crippen molar-refractivity contribution in [3.05, 3.63) is 61.9 Å². The number of hydrogen-bond acceptors (Lipinski definition) is 4. The number of aryl methyl sites for hydroxylation is 1. The zero-order valence-corrected chi connectivity index (χ0v) is 12.5. The Hall–Kier alpha value is -2.41. The first kappa shape index (κ1) is 15.0. The molecule has 110 valence electrons. The van der Waals surface area contributed by atoms with Gasteiger partial charge in [0, 0.05) is 11.8 Å². The monoisotopic (exact) mass is 305 g/mol. The maximum Gasteiger partial charge on any atom is 0.328 e. The van der Waals surface area contributed by atoms with Crippen LogP contribution in [0.2, 0.25) is 0 Å². The minimum atomic E-state index is -0.460. The Morgan fingerprint density at radius 3 is 2.76 bits per heavy atom. The highest BCUT2D eigenvalue weighted by Gasteiger charge is 2.08. The van der Waals surface area contributed by atoms with E-state index in [-0.39, 0.29) is 10.5 Å². The van der Waals surface area contributed by atoms with Crippen LogP contribution in [0.4, 0.5) is 0 Å². The van der Waals surface area contributed by atoms with Gasteiger partial charge in [-0.2, -0.15) is 0 Å². The van der Waals surface area contributed by atoms with Gasteiger partial charge in [0.05, 0.1) is 19.2 Å². The first-order valence-electron chi connectivity index (χ1n) is 6.19. The van der Waals surface area contributed by atoms with Crippen LogP contribution in [-0.2, 0) is 6.54 Å². The van der Waals surface area contributed by atoms with Crippen molar-refractivity contribution in [1.29, 1.82) is 0 Å². The van der Waals surface area contributed by atoms with E-state index in [9.17, 15) is 9.59 Å². The minimum absolute atomic E-state index is 0.221. The largest absolute Gasteiger partial charge is 0.496 e. The number of aromatic amines is 1. The molecule has 6 nitrogen and oxygen atoms in total. The third-order valence-electron chi connectivity index (χ3n) is 3.07. The Morgan fingerprint density at radius 1 is 1.43 bits per heavy atom. The maximum absolute atomic E-state index is 11.8. The van der Waals surface area contributed by atoms with Crippen molar-refractivity contribution >= 4 is 17.2 Å².